The van der Waals surface area contributed by atoms with E-state index in [4.69, 9.17) is 47.4 Å². The van der Waals surface area contributed by atoms with E-state index in [9.17, 15) is 30.0 Å². The summed E-state index contributed by atoms with van der Waals surface area (Å²) in [5.41, 5.74) is -6.04. The fraction of sp³-hybridized carbons (Fsp3) is 0.878. The van der Waals surface area contributed by atoms with Gasteiger partial charge in [-0.2, -0.15) is 0 Å². The molecule has 3 aliphatic heterocycles. The van der Waals surface area contributed by atoms with Crippen LogP contribution in [0.3, 0.4) is 0 Å². The normalized spacial score (nSPS) is 49.1. The molecule has 0 spiro atoms. The van der Waals surface area contributed by atoms with Gasteiger partial charge in [-0.05, 0) is 97.8 Å². The Kier molecular flexibility index (Phi) is 15.0. The molecule has 0 unspecified atom stereocenters. The van der Waals surface area contributed by atoms with Gasteiger partial charge < -0.3 is 67.8 Å². The summed E-state index contributed by atoms with van der Waals surface area (Å²) in [7, 11) is 4.84. The number of Topliss-reactive ketones (excluding diaryl/α,β-unsaturated/α-hetero) is 1. The smallest absolute Gasteiger partial charge is 0.330 e. The zero-order chi connectivity index (χ0) is 47.6. The lowest BCUT2D eigenvalue weighted by molar-refractivity contribution is -0.338. The second-order valence-electron chi connectivity index (χ2n) is 21.0. The van der Waals surface area contributed by atoms with Crippen LogP contribution in [-0.4, -0.2) is 156 Å². The summed E-state index contributed by atoms with van der Waals surface area (Å²) in [4.78, 5) is 26.8. The monoisotopic (exact) mass is 923 g/mol. The number of aliphatic hydroxyl groups excluding tert-OH is 1. The summed E-state index contributed by atoms with van der Waals surface area (Å²) < 4.78 is 62.1. The van der Waals surface area contributed by atoms with Crippen LogP contribution in [0.4, 0.5) is 0 Å². The fourth-order valence-corrected chi connectivity index (χ4v) is 12.9. The summed E-state index contributed by atoms with van der Waals surface area (Å²) in [6, 6.07) is 0. The molecule has 0 amide bonds. The number of hydrogen-bond donors (Lipinski definition) is 4. The van der Waals surface area contributed by atoms with Gasteiger partial charge in [0.2, 0.25) is 0 Å². The summed E-state index contributed by atoms with van der Waals surface area (Å²) >= 11 is 0. The van der Waals surface area contributed by atoms with Crippen LogP contribution in [0.2, 0.25) is 0 Å². The number of esters is 1. The second-order valence-corrected chi connectivity index (χ2v) is 21.0. The SMILES string of the molecule is CO[C@H]1C[C@H](O[C@@H]2[C@H](C)O[C@@H](O[C@H]3[C@@H](OC)C[C@H](O[C@H]4CC[C@@]5(C)C(=CC[C@]6(O)[C@@H]5C[C@@H](OC(=O)/C=C(\C)C(C)C)[C@@]5(C)[C@]6(O)CC[C@@]5(O)C(C)=O)C4)O[C@@H]3C)C[C@@H]2OC)O[C@H](C)[C@H]1O. The van der Waals surface area contributed by atoms with Gasteiger partial charge in [-0.3, -0.25) is 4.79 Å². The number of fused-ring (bicyclic) bond motifs is 5. The third-order valence-corrected chi connectivity index (χ3v) is 17.4. The zero-order valence-corrected chi connectivity index (χ0v) is 40.7. The number of ketones is 1. The predicted octanol–water partition coefficient (Wildman–Crippen LogP) is 4.59. The first-order chi connectivity index (χ1) is 30.5. The fourth-order valence-electron chi connectivity index (χ4n) is 12.9. The van der Waals surface area contributed by atoms with E-state index in [-0.39, 0.29) is 49.9 Å². The summed E-state index contributed by atoms with van der Waals surface area (Å²) in [6.45, 7) is 16.4. The highest BCUT2D eigenvalue weighted by atomic mass is 16.7. The van der Waals surface area contributed by atoms with Crippen LogP contribution in [0.15, 0.2) is 23.3 Å². The molecule has 0 aromatic carbocycles. The van der Waals surface area contributed by atoms with Crippen LogP contribution < -0.4 is 0 Å². The first-order valence-electron chi connectivity index (χ1n) is 24.0. The van der Waals surface area contributed by atoms with Crippen molar-refractivity contribution in [3.63, 3.8) is 0 Å². The van der Waals surface area contributed by atoms with Gasteiger partial charge in [0.25, 0.3) is 0 Å². The van der Waals surface area contributed by atoms with Gasteiger partial charge in [-0.25, -0.2) is 4.79 Å². The second kappa shape index (κ2) is 19.1. The number of hydrogen-bond acceptors (Lipinski definition) is 16. The van der Waals surface area contributed by atoms with Crippen molar-refractivity contribution in [2.75, 3.05) is 21.3 Å². The molecule has 0 aromatic heterocycles. The molecule has 7 aliphatic rings. The minimum atomic E-state index is -2.02. The molecule has 0 bridgehead atoms. The van der Waals surface area contributed by atoms with E-state index in [1.54, 1.807) is 35.2 Å². The minimum absolute atomic E-state index is 0.0276. The number of carbonyl (C=O) groups is 2. The van der Waals surface area contributed by atoms with E-state index in [1.165, 1.54) is 13.0 Å². The number of methoxy groups -OCH3 is 3. The topological polar surface area (TPSA) is 207 Å². The standard InChI is InChI=1S/C49H78O16/c1-25(2)26(3)19-38(51)63-37-24-36-45(8)15-14-32(20-31(45)13-16-48(36,54)49(55)18-17-47(53,30(7)50)46(37,49)9)62-39-22-34(57-11)43(28(5)60-39)65-41-23-35(58-12)44(29(6)61-41)64-40-21-33(56-10)42(52)27(4)59-40/h13,19,25,27-29,32-37,39-44,52-55H,14-18,20-24H2,1-12H3/b26-19+/t27-,28-,29+,32+,33+,34+,35+,36-,37-,39+,40+,41+,42-,43-,44-,45+,46-,47-,48+,49-/m1/s1. The van der Waals surface area contributed by atoms with E-state index in [1.807, 2.05) is 40.7 Å². The number of aliphatic hydroxyl groups is 4. The Labute approximate surface area is 384 Å². The van der Waals surface area contributed by atoms with Crippen LogP contribution in [-0.2, 0) is 57.0 Å². The van der Waals surface area contributed by atoms with E-state index in [0.29, 0.717) is 38.5 Å². The van der Waals surface area contributed by atoms with Gasteiger partial charge in [0.1, 0.15) is 41.2 Å². The Balaban J connectivity index is 1.01. The van der Waals surface area contributed by atoms with E-state index in [2.05, 4.69) is 6.92 Å². The molecule has 4 N–H and O–H groups in total. The highest BCUT2D eigenvalue weighted by Crippen LogP contribution is 2.71. The minimum Gasteiger partial charge on any atom is -0.458 e. The van der Waals surface area contributed by atoms with Crippen molar-refractivity contribution >= 4 is 11.8 Å². The lowest BCUT2D eigenvalue weighted by Crippen LogP contribution is -2.78. The van der Waals surface area contributed by atoms with E-state index < -0.39 is 113 Å². The maximum atomic E-state index is 13.5. The molecule has 0 radical (unpaired) electrons. The third kappa shape index (κ3) is 8.75. The van der Waals surface area contributed by atoms with Crippen LogP contribution in [0.1, 0.15) is 127 Å². The molecular weight excluding hydrogens is 845 g/mol. The first kappa shape index (κ1) is 51.0. The van der Waals surface area contributed by atoms with Crippen molar-refractivity contribution in [2.24, 2.45) is 22.7 Å². The molecule has 3 saturated heterocycles. The molecule has 0 aromatic rings. The third-order valence-electron chi connectivity index (χ3n) is 17.4. The van der Waals surface area contributed by atoms with Crippen molar-refractivity contribution in [1.29, 1.82) is 0 Å². The summed E-state index contributed by atoms with van der Waals surface area (Å²) in [5, 5.41) is 48.3. The van der Waals surface area contributed by atoms with E-state index >= 15 is 0 Å². The largest absolute Gasteiger partial charge is 0.458 e. The van der Waals surface area contributed by atoms with Crippen molar-refractivity contribution < 1.29 is 77.4 Å². The predicted molar refractivity (Wildman–Crippen MR) is 234 cm³/mol. The lowest BCUT2D eigenvalue weighted by Gasteiger charge is -2.67. The molecule has 16 heteroatoms. The highest BCUT2D eigenvalue weighted by Gasteiger charge is 2.81. The summed E-state index contributed by atoms with van der Waals surface area (Å²) in [5.74, 6) is -1.59. The van der Waals surface area contributed by atoms with Crippen molar-refractivity contribution in [2.45, 2.75) is 229 Å². The Hall–Kier alpha value is -1.90. The maximum absolute atomic E-state index is 13.5. The molecule has 4 aliphatic carbocycles. The molecule has 370 valence electrons. The molecule has 20 atom stereocenters. The van der Waals surface area contributed by atoms with Gasteiger partial charge in [0.15, 0.2) is 24.7 Å². The van der Waals surface area contributed by atoms with Crippen LogP contribution >= 0.6 is 0 Å². The zero-order valence-electron chi connectivity index (χ0n) is 40.7. The Bertz CT molecular complexity index is 1790. The van der Waals surface area contributed by atoms with Crippen molar-refractivity contribution in [3.05, 3.63) is 23.3 Å². The lowest BCUT2D eigenvalue weighted by atomic mass is 9.42. The maximum Gasteiger partial charge on any atom is 0.330 e. The quantitative estimate of drug-likeness (QED) is 0.113. The van der Waals surface area contributed by atoms with Gasteiger partial charge in [-0.15, -0.1) is 0 Å². The Morgan fingerprint density at radius 1 is 0.769 bits per heavy atom. The molecule has 7 rings (SSSR count). The highest BCUT2D eigenvalue weighted by molar-refractivity contribution is 5.87. The van der Waals surface area contributed by atoms with Gasteiger partial charge >= 0.3 is 5.97 Å². The number of allylic oxidation sites excluding steroid dienone is 1. The van der Waals surface area contributed by atoms with E-state index in [0.717, 1.165) is 11.1 Å². The van der Waals surface area contributed by atoms with Crippen molar-refractivity contribution in [1.82, 2.24) is 0 Å². The molecule has 3 saturated carbocycles. The van der Waals surface area contributed by atoms with Crippen LogP contribution in [0.5, 0.6) is 0 Å². The Morgan fingerprint density at radius 3 is 1.85 bits per heavy atom. The number of ether oxygens (including phenoxy) is 10. The van der Waals surface area contributed by atoms with Crippen LogP contribution in [0.25, 0.3) is 0 Å². The molecule has 65 heavy (non-hydrogen) atoms. The van der Waals surface area contributed by atoms with Gasteiger partial charge in [0, 0.05) is 52.6 Å². The number of carbonyl (C=O) groups excluding carboxylic acids is 2. The summed E-state index contributed by atoms with van der Waals surface area (Å²) in [6.07, 6.45) is -0.620. The molecule has 16 nitrogen and oxygen atoms in total. The molecule has 3 heterocycles. The van der Waals surface area contributed by atoms with Gasteiger partial charge in [-0.1, -0.05) is 38.0 Å². The molecular formula is C49H78O16. The number of rotatable bonds is 13. The Morgan fingerprint density at radius 2 is 1.31 bits per heavy atom. The average Bonchev–Trinajstić information content (AvgIpc) is 3.48. The molecule has 6 fully saturated rings. The first-order valence-corrected chi connectivity index (χ1v) is 24.0. The van der Waals surface area contributed by atoms with Crippen molar-refractivity contribution in [3.8, 4) is 0 Å². The average molecular weight is 923 g/mol. The van der Waals surface area contributed by atoms with Gasteiger partial charge in [0.05, 0.1) is 48.1 Å². The van der Waals surface area contributed by atoms with Crippen LogP contribution in [0, 0.1) is 22.7 Å².